The number of carbonyl (C=O) groups excluding carboxylic acids is 1. The number of rotatable bonds is 4. The second-order valence-corrected chi connectivity index (χ2v) is 6.33. The summed E-state index contributed by atoms with van der Waals surface area (Å²) in [4.78, 5) is 12.7. The minimum absolute atomic E-state index is 0.367. The van der Waals surface area contributed by atoms with Crippen LogP contribution < -0.4 is 10.4 Å². The Hall–Kier alpha value is -2.34. The van der Waals surface area contributed by atoms with Crippen molar-refractivity contribution in [1.82, 2.24) is 19.5 Å². The van der Waals surface area contributed by atoms with E-state index in [4.69, 9.17) is 0 Å². The zero-order valence-corrected chi connectivity index (χ0v) is 14.2. The third-order valence-electron chi connectivity index (χ3n) is 3.56. The van der Waals surface area contributed by atoms with E-state index in [1.807, 2.05) is 42.5 Å². The summed E-state index contributed by atoms with van der Waals surface area (Å²) in [6.45, 7) is 2.00. The van der Waals surface area contributed by atoms with Gasteiger partial charge in [0.15, 0.2) is 10.8 Å². The van der Waals surface area contributed by atoms with Crippen LogP contribution >= 0.6 is 11.8 Å². The normalized spacial score (nSPS) is 13.2. The molecule has 3 aromatic rings. The molecule has 2 heterocycles. The summed E-state index contributed by atoms with van der Waals surface area (Å²) < 4.78 is 2.03. The summed E-state index contributed by atoms with van der Waals surface area (Å²) in [5.41, 5.74) is 1.85. The van der Waals surface area contributed by atoms with Crippen molar-refractivity contribution in [2.45, 2.75) is 12.1 Å². The zero-order valence-electron chi connectivity index (χ0n) is 13.4. The molecule has 118 valence electrons. The Bertz CT molecular complexity index is 991. The third-order valence-corrected chi connectivity index (χ3v) is 4.38. The number of para-hydroxylation sites is 1. The highest BCUT2D eigenvalue weighted by Crippen LogP contribution is 2.19. The molecule has 0 radical (unpaired) electrons. The summed E-state index contributed by atoms with van der Waals surface area (Å²) in [5, 5.41) is 12.7. The molecule has 23 heavy (non-hydrogen) atoms. The molecular formula is C17H18N4OS. The van der Waals surface area contributed by atoms with E-state index in [2.05, 4.69) is 34.6 Å². The van der Waals surface area contributed by atoms with Crippen LogP contribution in [0.15, 0.2) is 29.4 Å². The van der Waals surface area contributed by atoms with Crippen molar-refractivity contribution >= 4 is 46.9 Å². The Kier molecular flexibility index (Phi) is 4.34. The molecule has 0 amide bonds. The van der Waals surface area contributed by atoms with Gasteiger partial charge in [0, 0.05) is 36.1 Å². The van der Waals surface area contributed by atoms with Crippen molar-refractivity contribution in [3.63, 3.8) is 0 Å². The molecule has 3 rings (SSSR count). The highest BCUT2D eigenvalue weighted by atomic mass is 32.2. The van der Waals surface area contributed by atoms with E-state index in [0.29, 0.717) is 5.75 Å². The highest BCUT2D eigenvalue weighted by Gasteiger charge is 2.12. The molecule has 5 nitrogen and oxygen atoms in total. The lowest BCUT2D eigenvalue weighted by molar-refractivity contribution is -0.105. The van der Waals surface area contributed by atoms with Crippen LogP contribution in [0, 0.1) is 0 Å². The number of aldehydes is 1. The van der Waals surface area contributed by atoms with Crippen LogP contribution in [0.3, 0.4) is 0 Å². The summed E-state index contributed by atoms with van der Waals surface area (Å²) in [6, 6.07) is 8.20. The quantitative estimate of drug-likeness (QED) is 0.534. The number of nitrogens with zero attached hydrogens (tertiary/aromatic N) is 4. The first-order valence-electron chi connectivity index (χ1n) is 7.34. The Labute approximate surface area is 138 Å². The van der Waals surface area contributed by atoms with Gasteiger partial charge in [0.05, 0.1) is 11.3 Å². The van der Waals surface area contributed by atoms with Crippen LogP contribution in [0.2, 0.25) is 0 Å². The van der Waals surface area contributed by atoms with Gasteiger partial charge >= 0.3 is 0 Å². The average molecular weight is 326 g/mol. The number of fused-ring (bicyclic) bond motifs is 3. The fourth-order valence-corrected chi connectivity index (χ4v) is 3.34. The molecule has 0 aliphatic carbocycles. The van der Waals surface area contributed by atoms with Crippen molar-refractivity contribution in [2.24, 2.45) is 0 Å². The van der Waals surface area contributed by atoms with E-state index in [9.17, 15) is 4.79 Å². The van der Waals surface area contributed by atoms with E-state index in [0.717, 1.165) is 38.4 Å². The molecule has 0 aliphatic heterocycles. The lowest BCUT2D eigenvalue weighted by Gasteiger charge is -2.09. The van der Waals surface area contributed by atoms with Crippen LogP contribution in [0.25, 0.3) is 28.8 Å². The van der Waals surface area contributed by atoms with E-state index in [1.54, 1.807) is 0 Å². The van der Waals surface area contributed by atoms with Crippen LogP contribution in [0.1, 0.15) is 6.92 Å². The van der Waals surface area contributed by atoms with Crippen molar-refractivity contribution in [3.8, 4) is 0 Å². The molecule has 0 unspecified atom stereocenters. The molecule has 0 bridgehead atoms. The van der Waals surface area contributed by atoms with Gasteiger partial charge in [0.2, 0.25) is 0 Å². The first-order valence-corrected chi connectivity index (χ1v) is 8.33. The maximum Gasteiger partial charge on any atom is 0.196 e. The van der Waals surface area contributed by atoms with E-state index < -0.39 is 0 Å². The Morgan fingerprint density at radius 2 is 2.00 bits per heavy atom. The van der Waals surface area contributed by atoms with Gasteiger partial charge in [-0.05, 0) is 13.0 Å². The van der Waals surface area contributed by atoms with Gasteiger partial charge in [-0.15, -0.1) is 10.2 Å². The number of carbonyl (C=O) groups is 1. The molecule has 2 aromatic heterocycles. The number of benzene rings is 1. The predicted molar refractivity (Wildman–Crippen MR) is 94.8 cm³/mol. The largest absolute Gasteiger partial charge is 0.383 e. The monoisotopic (exact) mass is 326 g/mol. The molecule has 1 aromatic carbocycles. The molecule has 0 spiro atoms. The summed E-state index contributed by atoms with van der Waals surface area (Å²) >= 11 is 1.40. The molecular weight excluding hydrogens is 308 g/mol. The lowest BCUT2D eigenvalue weighted by atomic mass is 10.1. The third kappa shape index (κ3) is 2.70. The SMILES string of the molecule is C/C=c1\c(=C/N(C)C)c2ccccc2n2c(SCC=O)nnc12. The second-order valence-electron chi connectivity index (χ2n) is 5.35. The van der Waals surface area contributed by atoms with Crippen LogP contribution in [-0.4, -0.2) is 45.6 Å². The minimum Gasteiger partial charge on any atom is -0.383 e. The molecule has 0 aliphatic rings. The summed E-state index contributed by atoms with van der Waals surface area (Å²) in [7, 11) is 4.02. The Balaban J connectivity index is 2.53. The lowest BCUT2D eigenvalue weighted by Crippen LogP contribution is -2.30. The van der Waals surface area contributed by atoms with Gasteiger partial charge in [-0.1, -0.05) is 36.0 Å². The fourth-order valence-electron chi connectivity index (χ4n) is 2.71. The molecule has 0 saturated carbocycles. The number of thioether (sulfide) groups is 1. The van der Waals surface area contributed by atoms with Gasteiger partial charge in [0.25, 0.3) is 0 Å². The van der Waals surface area contributed by atoms with Crippen molar-refractivity contribution < 1.29 is 4.79 Å². The van der Waals surface area contributed by atoms with Gasteiger partial charge < -0.3 is 9.69 Å². The van der Waals surface area contributed by atoms with Crippen LogP contribution in [-0.2, 0) is 4.79 Å². The molecule has 0 fully saturated rings. The van der Waals surface area contributed by atoms with E-state index in [-0.39, 0.29) is 0 Å². The van der Waals surface area contributed by atoms with Crippen LogP contribution in [0.5, 0.6) is 0 Å². The van der Waals surface area contributed by atoms with Gasteiger partial charge in [-0.25, -0.2) is 0 Å². The predicted octanol–water partition coefficient (Wildman–Crippen LogP) is 1.27. The van der Waals surface area contributed by atoms with E-state index in [1.165, 1.54) is 11.8 Å². The standard InChI is InChI=1S/C17H18N4OS/c1-4-12-14(11-20(2)3)13-7-5-6-8-15(13)21-16(12)18-19-17(21)23-10-9-22/h4-9,11H,10H2,1-3H3/b12-4+,14-11+. The van der Waals surface area contributed by atoms with Gasteiger partial charge in [-0.2, -0.15) is 0 Å². The maximum atomic E-state index is 10.7. The van der Waals surface area contributed by atoms with Gasteiger partial charge in [-0.3, -0.25) is 4.40 Å². The zero-order chi connectivity index (χ0) is 16.4. The highest BCUT2D eigenvalue weighted by molar-refractivity contribution is 7.99. The van der Waals surface area contributed by atoms with Crippen molar-refractivity contribution in [3.05, 3.63) is 34.7 Å². The average Bonchev–Trinajstić information content (AvgIpc) is 2.96. The van der Waals surface area contributed by atoms with Crippen molar-refractivity contribution in [2.75, 3.05) is 19.8 Å². The first-order chi connectivity index (χ1) is 11.2. The summed E-state index contributed by atoms with van der Waals surface area (Å²) in [5.74, 6) is 0.367. The Morgan fingerprint density at radius 1 is 1.22 bits per heavy atom. The topological polar surface area (TPSA) is 50.5 Å². The minimum atomic E-state index is 0.367. The molecule has 0 saturated heterocycles. The maximum absolute atomic E-state index is 10.7. The first kappa shape index (κ1) is 15.6. The van der Waals surface area contributed by atoms with E-state index >= 15 is 0 Å². The van der Waals surface area contributed by atoms with Crippen molar-refractivity contribution in [1.29, 1.82) is 0 Å². The molecule has 0 N–H and O–H groups in total. The number of pyridine rings is 1. The number of aromatic nitrogens is 3. The summed E-state index contributed by atoms with van der Waals surface area (Å²) in [6.07, 6.45) is 5.04. The molecule has 0 atom stereocenters. The second kappa shape index (κ2) is 6.42. The fraction of sp³-hybridized carbons (Fsp3) is 0.235. The smallest absolute Gasteiger partial charge is 0.196 e. The Morgan fingerprint density at radius 3 is 2.70 bits per heavy atom. The number of hydrogen-bond donors (Lipinski definition) is 0. The van der Waals surface area contributed by atoms with Crippen LogP contribution in [0.4, 0.5) is 0 Å². The van der Waals surface area contributed by atoms with Gasteiger partial charge in [0.1, 0.15) is 6.29 Å². The molecule has 6 heteroatoms. The number of hydrogen-bond acceptors (Lipinski definition) is 5.